The first-order valence-corrected chi connectivity index (χ1v) is 11.0. The van der Waals surface area contributed by atoms with Gasteiger partial charge in [-0.25, -0.2) is 19.8 Å². The van der Waals surface area contributed by atoms with Gasteiger partial charge in [-0.1, -0.05) is 35.0 Å². The van der Waals surface area contributed by atoms with Gasteiger partial charge in [-0.05, 0) is 24.3 Å². The first kappa shape index (κ1) is 20.4. The van der Waals surface area contributed by atoms with Crippen LogP contribution in [0.25, 0.3) is 26.9 Å². The van der Waals surface area contributed by atoms with Crippen molar-refractivity contribution < 1.29 is 4.42 Å². The van der Waals surface area contributed by atoms with Crippen LogP contribution in [0.5, 0.6) is 0 Å². The van der Waals surface area contributed by atoms with Crippen molar-refractivity contribution in [1.82, 2.24) is 15.0 Å². The largest absolute Gasteiger partial charge is 0.444 e. The van der Waals surface area contributed by atoms with E-state index < -0.39 is 0 Å². The molecule has 0 saturated carbocycles. The van der Waals surface area contributed by atoms with Gasteiger partial charge in [-0.15, -0.1) is 11.3 Å². The van der Waals surface area contributed by atoms with Crippen LogP contribution in [0.3, 0.4) is 0 Å². The summed E-state index contributed by atoms with van der Waals surface area (Å²) in [5.41, 5.74) is 2.29. The Morgan fingerprint density at radius 3 is 2.70 bits per heavy atom. The highest BCUT2D eigenvalue weighted by Gasteiger charge is 2.23. The predicted octanol–water partition coefficient (Wildman–Crippen LogP) is 6.88. The molecule has 0 N–H and O–H groups in total. The van der Waals surface area contributed by atoms with Crippen molar-refractivity contribution in [2.24, 2.45) is 0 Å². The van der Waals surface area contributed by atoms with E-state index in [0.717, 1.165) is 5.56 Å². The summed E-state index contributed by atoms with van der Waals surface area (Å²) in [5.74, 6) is 0.879. The van der Waals surface area contributed by atoms with Gasteiger partial charge in [0.2, 0.25) is 11.6 Å². The van der Waals surface area contributed by atoms with E-state index in [2.05, 4.69) is 25.9 Å². The van der Waals surface area contributed by atoms with Crippen LogP contribution in [0, 0.1) is 17.9 Å². The first-order chi connectivity index (χ1) is 14.6. The summed E-state index contributed by atoms with van der Waals surface area (Å²) in [6.07, 6.45) is 3.17. The molecule has 146 valence electrons. The molecule has 0 bridgehead atoms. The van der Waals surface area contributed by atoms with Crippen molar-refractivity contribution in [3.8, 4) is 28.1 Å². The minimum absolute atomic E-state index is 0.0405. The van der Waals surface area contributed by atoms with Crippen molar-refractivity contribution in [3.63, 3.8) is 0 Å². The Balaban J connectivity index is 1.64. The fraction of sp³-hybridized carbons (Fsp3) is 0.0500. The van der Waals surface area contributed by atoms with E-state index in [9.17, 15) is 5.26 Å². The van der Waals surface area contributed by atoms with Gasteiger partial charge in [0.05, 0.1) is 17.8 Å². The maximum absolute atomic E-state index is 9.76. The molecule has 10 heteroatoms. The van der Waals surface area contributed by atoms with E-state index in [1.807, 2.05) is 12.1 Å². The smallest absolute Gasteiger partial charge is 0.235 e. The second-order valence-corrected chi connectivity index (χ2v) is 8.46. The van der Waals surface area contributed by atoms with Gasteiger partial charge in [0.15, 0.2) is 0 Å². The van der Waals surface area contributed by atoms with Gasteiger partial charge >= 0.3 is 0 Å². The molecule has 4 aromatic rings. The summed E-state index contributed by atoms with van der Waals surface area (Å²) in [6, 6.07) is 9.33. The average molecular weight is 470 g/mol. The van der Waals surface area contributed by atoms with Gasteiger partial charge in [0, 0.05) is 33.5 Å². The normalized spacial score (nSPS) is 10.5. The lowest BCUT2D eigenvalue weighted by Gasteiger charge is -2.09. The number of nitrogens with zero attached hydrogens (tertiary/aromatic N) is 5. The van der Waals surface area contributed by atoms with E-state index in [1.165, 1.54) is 23.1 Å². The topological polar surface area (TPSA) is 80.0 Å². The molecule has 4 rings (SSSR count). The molecular weight excluding hydrogens is 461 g/mol. The molecule has 1 aromatic carbocycles. The van der Waals surface area contributed by atoms with Gasteiger partial charge in [-0.3, -0.25) is 0 Å². The maximum Gasteiger partial charge on any atom is 0.235 e. The summed E-state index contributed by atoms with van der Waals surface area (Å²) in [5, 5.41) is 13.2. The maximum atomic E-state index is 9.76. The number of pyridine rings is 1. The monoisotopic (exact) mass is 469 g/mol. The standard InChI is InChI=1S/C20H9Cl2N5OS2/c1-24-16-15(20-25-6-7-29-20)14(8-23)19(27-17(16)22)30-10-13-9-28-18(26-13)11-2-4-12(21)5-3-11/h2-7,9H,10H2. The Morgan fingerprint density at radius 1 is 1.23 bits per heavy atom. The summed E-state index contributed by atoms with van der Waals surface area (Å²) in [4.78, 5) is 16.4. The Hall–Kier alpha value is -2.88. The molecule has 0 unspecified atom stereocenters. The zero-order valence-electron chi connectivity index (χ0n) is 15.0. The lowest BCUT2D eigenvalue weighted by Crippen LogP contribution is -1.95. The number of oxazole rings is 1. The molecular formula is C20H9Cl2N5OS2. The fourth-order valence-electron chi connectivity index (χ4n) is 2.63. The predicted molar refractivity (Wildman–Crippen MR) is 118 cm³/mol. The molecule has 0 amide bonds. The average Bonchev–Trinajstić information content (AvgIpc) is 3.44. The quantitative estimate of drug-likeness (QED) is 0.180. The van der Waals surface area contributed by atoms with Crippen molar-refractivity contribution in [2.45, 2.75) is 10.8 Å². The van der Waals surface area contributed by atoms with Crippen molar-refractivity contribution >= 4 is 52.0 Å². The van der Waals surface area contributed by atoms with Crippen molar-refractivity contribution in [2.75, 3.05) is 0 Å². The van der Waals surface area contributed by atoms with Gasteiger partial charge in [-0.2, -0.15) is 5.26 Å². The van der Waals surface area contributed by atoms with Crippen LogP contribution in [0.2, 0.25) is 10.2 Å². The van der Waals surface area contributed by atoms with Crippen LogP contribution < -0.4 is 0 Å². The molecule has 3 heterocycles. The number of nitriles is 1. The zero-order chi connectivity index (χ0) is 21.1. The molecule has 0 saturated heterocycles. The molecule has 6 nitrogen and oxygen atoms in total. The van der Waals surface area contributed by atoms with Crippen LogP contribution in [-0.2, 0) is 5.75 Å². The molecule has 0 spiro atoms. The van der Waals surface area contributed by atoms with E-state index in [0.29, 0.717) is 38.0 Å². The molecule has 0 radical (unpaired) electrons. The van der Waals surface area contributed by atoms with Crippen LogP contribution in [0.15, 0.2) is 51.5 Å². The Kier molecular flexibility index (Phi) is 6.03. The zero-order valence-corrected chi connectivity index (χ0v) is 18.1. The van der Waals surface area contributed by atoms with E-state index in [1.54, 1.807) is 30.0 Å². The number of thiazole rings is 1. The van der Waals surface area contributed by atoms with Gasteiger partial charge in [0.25, 0.3) is 0 Å². The van der Waals surface area contributed by atoms with Crippen LogP contribution in [-0.4, -0.2) is 15.0 Å². The number of hydrogen-bond acceptors (Lipinski definition) is 7. The highest BCUT2D eigenvalue weighted by molar-refractivity contribution is 7.98. The molecule has 0 aliphatic carbocycles. The minimum atomic E-state index is 0.0405. The van der Waals surface area contributed by atoms with Crippen molar-refractivity contribution in [1.29, 1.82) is 5.26 Å². The highest BCUT2D eigenvalue weighted by atomic mass is 35.5. The third kappa shape index (κ3) is 4.04. The SMILES string of the molecule is [C-]#[N+]c1c(Cl)nc(SCc2coc(-c3ccc(Cl)cc3)n2)c(C#N)c1-c1nccs1. The van der Waals surface area contributed by atoms with E-state index in [-0.39, 0.29) is 16.4 Å². The van der Waals surface area contributed by atoms with Gasteiger partial charge in [0.1, 0.15) is 27.5 Å². The lowest BCUT2D eigenvalue weighted by molar-refractivity contribution is 0.573. The number of aromatic nitrogens is 3. The Bertz CT molecular complexity index is 1290. The van der Waals surface area contributed by atoms with E-state index >= 15 is 0 Å². The second kappa shape index (κ2) is 8.86. The molecule has 0 fully saturated rings. The number of halogens is 2. The second-order valence-electron chi connectivity index (χ2n) is 5.81. The summed E-state index contributed by atoms with van der Waals surface area (Å²) < 4.78 is 5.55. The molecule has 0 aliphatic rings. The number of thioether (sulfide) groups is 1. The third-order valence-electron chi connectivity index (χ3n) is 3.97. The fourth-order valence-corrected chi connectivity index (χ4v) is 4.58. The first-order valence-electron chi connectivity index (χ1n) is 8.34. The van der Waals surface area contributed by atoms with E-state index in [4.69, 9.17) is 34.2 Å². The van der Waals surface area contributed by atoms with Crippen LogP contribution in [0.1, 0.15) is 11.3 Å². The molecule has 30 heavy (non-hydrogen) atoms. The highest BCUT2D eigenvalue weighted by Crippen LogP contribution is 2.42. The Labute approximate surface area is 190 Å². The van der Waals surface area contributed by atoms with Gasteiger partial charge < -0.3 is 4.42 Å². The third-order valence-corrected chi connectivity index (χ3v) is 6.28. The number of hydrogen-bond donors (Lipinski definition) is 0. The summed E-state index contributed by atoms with van der Waals surface area (Å²) >= 11 is 14.8. The summed E-state index contributed by atoms with van der Waals surface area (Å²) in [7, 11) is 0. The van der Waals surface area contributed by atoms with Crippen molar-refractivity contribution in [3.05, 3.63) is 75.0 Å². The number of rotatable bonds is 5. The van der Waals surface area contributed by atoms with Crippen LogP contribution in [0.4, 0.5) is 5.69 Å². The number of benzene rings is 1. The minimum Gasteiger partial charge on any atom is -0.444 e. The molecule has 3 aromatic heterocycles. The Morgan fingerprint density at radius 2 is 2.03 bits per heavy atom. The summed E-state index contributed by atoms with van der Waals surface area (Å²) in [6.45, 7) is 7.43. The van der Waals surface area contributed by atoms with Crippen LogP contribution >= 0.6 is 46.3 Å². The molecule has 0 atom stereocenters. The lowest BCUT2D eigenvalue weighted by atomic mass is 10.1. The molecule has 0 aliphatic heterocycles.